The zero-order valence-corrected chi connectivity index (χ0v) is 21.7. The fourth-order valence-corrected chi connectivity index (χ4v) is 4.61. The van der Waals surface area contributed by atoms with Crippen LogP contribution in [-0.4, -0.2) is 46.7 Å². The number of carboxylic acid groups (broad SMARTS) is 1. The van der Waals surface area contributed by atoms with Crippen molar-refractivity contribution in [2.24, 2.45) is 7.05 Å². The molecule has 1 aliphatic rings. The van der Waals surface area contributed by atoms with Crippen LogP contribution in [0.5, 0.6) is 5.88 Å². The molecule has 4 rings (SSSR count). The van der Waals surface area contributed by atoms with Crippen molar-refractivity contribution in [3.63, 3.8) is 0 Å². The molecule has 0 radical (unpaired) electrons. The molecule has 0 spiro atoms. The van der Waals surface area contributed by atoms with Crippen LogP contribution in [0.4, 0.5) is 4.79 Å². The molecule has 0 aliphatic carbocycles. The van der Waals surface area contributed by atoms with Gasteiger partial charge in [-0.3, -0.25) is 4.79 Å². The van der Waals surface area contributed by atoms with Crippen molar-refractivity contribution >= 4 is 45.2 Å². The largest absolute Gasteiger partial charge is 0.464 e. The maximum Gasteiger partial charge on any atom is 0.426 e. The summed E-state index contributed by atoms with van der Waals surface area (Å²) in [6.45, 7) is 3.87. The van der Waals surface area contributed by atoms with E-state index in [1.54, 1.807) is 31.3 Å². The summed E-state index contributed by atoms with van der Waals surface area (Å²) in [7, 11) is -2.67. The lowest BCUT2D eigenvalue weighted by Crippen LogP contribution is -2.34. The van der Waals surface area contributed by atoms with Crippen LogP contribution in [0.3, 0.4) is 0 Å². The number of hydrogen-bond donors (Lipinski definition) is 2. The molecule has 2 N–H and O–H groups in total. The van der Waals surface area contributed by atoms with Crippen molar-refractivity contribution in [2.75, 3.05) is 6.54 Å². The van der Waals surface area contributed by atoms with Gasteiger partial charge >= 0.3 is 16.2 Å². The fourth-order valence-electron chi connectivity index (χ4n) is 3.15. The maximum atomic E-state index is 13.0. The van der Waals surface area contributed by atoms with Crippen molar-refractivity contribution in [3.05, 3.63) is 87.2 Å². The van der Waals surface area contributed by atoms with Crippen LogP contribution in [0.25, 0.3) is 0 Å². The highest BCUT2D eigenvalue weighted by atomic mass is 35.5. The number of aryl methyl sites for hydroxylation is 3. The number of benzene rings is 2. The van der Waals surface area contributed by atoms with E-state index in [0.717, 1.165) is 10.6 Å². The monoisotopic (exact) mass is 552 g/mol. The number of rotatable bonds is 5. The van der Waals surface area contributed by atoms with E-state index in [4.69, 9.17) is 32.5 Å². The Kier molecular flexibility index (Phi) is 8.28. The Morgan fingerprint density at radius 1 is 1.11 bits per heavy atom. The quantitative estimate of drug-likeness (QED) is 0.353. The number of amides is 1. The molecule has 1 aromatic heterocycles. The molecule has 2 heterocycles. The third-order valence-electron chi connectivity index (χ3n) is 4.94. The van der Waals surface area contributed by atoms with Gasteiger partial charge in [0.05, 0.1) is 17.3 Å². The minimum absolute atomic E-state index is 0.0161. The summed E-state index contributed by atoms with van der Waals surface area (Å²) in [5, 5.41) is 14.0. The summed E-state index contributed by atoms with van der Waals surface area (Å²) in [4.78, 5) is 23.0. The summed E-state index contributed by atoms with van der Waals surface area (Å²) in [6.07, 6.45) is 2.37. The minimum atomic E-state index is -4.16. The van der Waals surface area contributed by atoms with E-state index in [9.17, 15) is 18.0 Å². The molecule has 0 saturated carbocycles. The van der Waals surface area contributed by atoms with E-state index in [-0.39, 0.29) is 26.9 Å². The van der Waals surface area contributed by atoms with Crippen LogP contribution >= 0.6 is 23.2 Å². The number of carbonyl (C=O) groups is 2. The smallest absolute Gasteiger partial charge is 0.426 e. The molecule has 10 nitrogen and oxygen atoms in total. The first-order valence-corrected chi connectivity index (χ1v) is 12.5. The summed E-state index contributed by atoms with van der Waals surface area (Å²) >= 11 is 12.0. The van der Waals surface area contributed by atoms with E-state index in [1.165, 1.54) is 42.1 Å². The van der Waals surface area contributed by atoms with Gasteiger partial charge in [-0.1, -0.05) is 40.9 Å². The van der Waals surface area contributed by atoms with E-state index in [0.29, 0.717) is 17.3 Å². The first-order chi connectivity index (χ1) is 16.9. The number of hydrogen-bond acceptors (Lipinski definition) is 7. The van der Waals surface area contributed by atoms with Gasteiger partial charge in [-0.05, 0) is 50.3 Å². The molecule has 36 heavy (non-hydrogen) atoms. The van der Waals surface area contributed by atoms with Gasteiger partial charge in [0.1, 0.15) is 10.5 Å². The van der Waals surface area contributed by atoms with Crippen LogP contribution in [0.2, 0.25) is 10.0 Å². The highest BCUT2D eigenvalue weighted by Crippen LogP contribution is 2.31. The Labute approximate surface area is 217 Å². The summed E-state index contributed by atoms with van der Waals surface area (Å²) in [5.41, 5.74) is 3.91. The van der Waals surface area contributed by atoms with Gasteiger partial charge in [0.25, 0.3) is 0 Å². The number of hydrazine groups is 1. The lowest BCUT2D eigenvalue weighted by Gasteiger charge is -2.10. The molecule has 13 heteroatoms. The van der Waals surface area contributed by atoms with Gasteiger partial charge in [0.2, 0.25) is 11.7 Å². The highest BCUT2D eigenvalue weighted by Gasteiger charge is 2.29. The molecule has 2 aromatic carbocycles. The third-order valence-corrected chi connectivity index (χ3v) is 6.71. The number of nitrogens with one attached hydrogen (secondary N) is 1. The lowest BCUT2D eigenvalue weighted by atomic mass is 10.0. The molecule has 0 fully saturated rings. The topological polar surface area (TPSA) is 131 Å². The first kappa shape index (κ1) is 27.1. The van der Waals surface area contributed by atoms with Crippen molar-refractivity contribution in [2.45, 2.75) is 18.7 Å². The molecule has 0 unspecified atom stereocenters. The van der Waals surface area contributed by atoms with Crippen molar-refractivity contribution in [3.8, 4) is 5.88 Å². The zero-order valence-electron chi connectivity index (χ0n) is 19.4. The average Bonchev–Trinajstić information content (AvgIpc) is 3.43. The lowest BCUT2D eigenvalue weighted by molar-refractivity contribution is 0.103. The van der Waals surface area contributed by atoms with Crippen LogP contribution in [0.1, 0.15) is 27.2 Å². The highest BCUT2D eigenvalue weighted by molar-refractivity contribution is 7.87. The number of aromatic nitrogens is 2. The Morgan fingerprint density at radius 3 is 2.31 bits per heavy atom. The fraction of sp³-hybridized carbons (Fsp3) is 0.174. The number of ketones is 1. The molecule has 1 aliphatic heterocycles. The van der Waals surface area contributed by atoms with Crippen molar-refractivity contribution in [1.82, 2.24) is 20.2 Å². The second-order valence-corrected chi connectivity index (χ2v) is 10.0. The Morgan fingerprint density at radius 2 is 1.78 bits per heavy atom. The van der Waals surface area contributed by atoms with Crippen LogP contribution in [0, 0.1) is 13.8 Å². The molecule has 190 valence electrons. The second-order valence-electron chi connectivity index (χ2n) is 7.62. The van der Waals surface area contributed by atoms with Gasteiger partial charge in [0, 0.05) is 23.8 Å². The van der Waals surface area contributed by atoms with Crippen LogP contribution in [0.15, 0.2) is 59.6 Å². The molecule has 0 saturated heterocycles. The molecule has 0 atom stereocenters. The van der Waals surface area contributed by atoms with Gasteiger partial charge < -0.3 is 14.7 Å². The predicted octanol–water partition coefficient (Wildman–Crippen LogP) is 4.34. The third kappa shape index (κ3) is 6.17. The predicted molar refractivity (Wildman–Crippen MR) is 134 cm³/mol. The maximum absolute atomic E-state index is 13.0. The van der Waals surface area contributed by atoms with Gasteiger partial charge in [0.15, 0.2) is 0 Å². The average molecular weight is 553 g/mol. The van der Waals surface area contributed by atoms with Crippen LogP contribution in [-0.2, 0) is 17.2 Å². The van der Waals surface area contributed by atoms with E-state index in [1.807, 2.05) is 6.92 Å². The molecule has 1 amide bonds. The normalized spacial score (nSPS) is 12.5. The van der Waals surface area contributed by atoms with Crippen molar-refractivity contribution < 1.29 is 27.3 Å². The second kappa shape index (κ2) is 11.0. The number of halogens is 2. The number of carbonyl (C=O) groups excluding carboxylic acids is 1. The van der Waals surface area contributed by atoms with E-state index in [2.05, 4.69) is 10.5 Å². The molecular weight excluding hydrogens is 531 g/mol. The SMILES string of the molecule is Cc1ccc(S(=O)(=O)Oc2c(C(=O)c3ccc(Cl)cc3Cl)c(C)nn2C)cc1.O=C(O)N1CC=CN1. The summed E-state index contributed by atoms with van der Waals surface area (Å²) < 4.78 is 31.9. The van der Waals surface area contributed by atoms with Gasteiger partial charge in [-0.25, -0.2) is 14.5 Å². The van der Waals surface area contributed by atoms with Gasteiger partial charge in [-0.2, -0.15) is 13.5 Å². The van der Waals surface area contributed by atoms with Crippen LogP contribution < -0.4 is 9.61 Å². The Bertz CT molecular complexity index is 1430. The molecule has 3 aromatic rings. The summed E-state index contributed by atoms with van der Waals surface area (Å²) in [5.74, 6) is -0.699. The van der Waals surface area contributed by atoms with Gasteiger partial charge in [-0.15, -0.1) is 0 Å². The number of nitrogens with zero attached hydrogens (tertiary/aromatic N) is 3. The molecule has 0 bridgehead atoms. The minimum Gasteiger partial charge on any atom is -0.464 e. The summed E-state index contributed by atoms with van der Waals surface area (Å²) in [6, 6.07) is 10.6. The zero-order chi connectivity index (χ0) is 26.6. The Hall–Kier alpha value is -3.54. The Balaban J connectivity index is 0.000000383. The van der Waals surface area contributed by atoms with E-state index >= 15 is 0 Å². The molecular formula is C23H22Cl2N4O6S. The van der Waals surface area contributed by atoms with Crippen molar-refractivity contribution in [1.29, 1.82) is 0 Å². The standard InChI is InChI=1S/C19H16Cl2N2O4S.C4H6N2O2/c1-11-4-7-14(8-5-11)28(25,26)27-19-17(12(2)22-23(19)3)18(24)15-9-6-13(20)10-16(15)21;7-4(8)6-3-1-2-5-6/h4-10H,1-3H3;1-2,5H,3H2,(H,7,8). The van der Waals surface area contributed by atoms with E-state index < -0.39 is 22.0 Å². The first-order valence-electron chi connectivity index (χ1n) is 10.4.